The molecule has 0 bridgehead atoms. The van der Waals surface area contributed by atoms with Crippen LogP contribution in [0.5, 0.6) is 0 Å². The van der Waals surface area contributed by atoms with Gasteiger partial charge in [0.25, 0.3) is 0 Å². The van der Waals surface area contributed by atoms with Crippen molar-refractivity contribution in [3.63, 3.8) is 0 Å². The Morgan fingerprint density at radius 3 is 2.65 bits per heavy atom. The molecule has 2 heterocycles. The van der Waals surface area contributed by atoms with Crippen LogP contribution in [0.25, 0.3) is 6.08 Å². The Morgan fingerprint density at radius 2 is 2.10 bits per heavy atom. The van der Waals surface area contributed by atoms with E-state index in [1.807, 2.05) is 11.4 Å². The summed E-state index contributed by atoms with van der Waals surface area (Å²) in [5.74, 6) is -0.759. The molecule has 2 aliphatic rings. The van der Waals surface area contributed by atoms with Crippen LogP contribution in [-0.2, 0) is 16.2 Å². The zero-order valence-electron chi connectivity index (χ0n) is 10.7. The average molecular weight is 293 g/mol. The average Bonchev–Trinajstić information content (AvgIpc) is 2.83. The maximum Gasteiger partial charge on any atom is 0.307 e. The molecule has 5 nitrogen and oxygen atoms in total. The molecule has 3 rings (SSSR count). The maximum atomic E-state index is 12.0. The molecule has 0 radical (unpaired) electrons. The van der Waals surface area contributed by atoms with Crippen LogP contribution < -0.4 is 0 Å². The largest absolute Gasteiger partial charge is 0.481 e. The molecule has 20 heavy (non-hydrogen) atoms. The van der Waals surface area contributed by atoms with Gasteiger partial charge in [-0.15, -0.1) is 11.3 Å². The number of carboxylic acid groups (broad SMARTS) is 1. The van der Waals surface area contributed by atoms with Crippen molar-refractivity contribution in [2.75, 3.05) is 13.1 Å². The third-order valence-electron chi connectivity index (χ3n) is 4.04. The van der Waals surface area contributed by atoms with E-state index in [1.165, 1.54) is 17.4 Å². The molecule has 2 N–H and O–H groups in total. The molecule has 1 aromatic rings. The van der Waals surface area contributed by atoms with Crippen LogP contribution in [0.3, 0.4) is 0 Å². The number of piperidine rings is 1. The van der Waals surface area contributed by atoms with Crippen LogP contribution in [0.4, 0.5) is 0 Å². The highest BCUT2D eigenvalue weighted by Gasteiger charge is 2.60. The van der Waals surface area contributed by atoms with Gasteiger partial charge in [-0.25, -0.2) is 0 Å². The fourth-order valence-corrected chi connectivity index (χ4v) is 3.69. The summed E-state index contributed by atoms with van der Waals surface area (Å²) >= 11 is 1.48. The van der Waals surface area contributed by atoms with Crippen molar-refractivity contribution in [2.24, 2.45) is 17.8 Å². The van der Waals surface area contributed by atoms with E-state index in [9.17, 15) is 9.59 Å². The Labute approximate surface area is 120 Å². The number of carboxylic acids is 1. The molecule has 1 unspecified atom stereocenters. The molecule has 1 saturated carbocycles. The van der Waals surface area contributed by atoms with E-state index in [2.05, 4.69) is 0 Å². The van der Waals surface area contributed by atoms with E-state index in [-0.39, 0.29) is 30.3 Å². The van der Waals surface area contributed by atoms with Gasteiger partial charge < -0.3 is 15.1 Å². The summed E-state index contributed by atoms with van der Waals surface area (Å²) in [6.45, 7) is 1.11. The van der Waals surface area contributed by atoms with Crippen LogP contribution in [0.15, 0.2) is 17.5 Å². The van der Waals surface area contributed by atoms with Crippen LogP contribution >= 0.6 is 11.3 Å². The Balaban J connectivity index is 1.55. The van der Waals surface area contributed by atoms with Crippen molar-refractivity contribution in [3.8, 4) is 0 Å². The molecule has 106 valence electrons. The lowest BCUT2D eigenvalue weighted by Crippen LogP contribution is -2.31. The lowest BCUT2D eigenvalue weighted by molar-refractivity contribution is -0.140. The van der Waals surface area contributed by atoms with Crippen molar-refractivity contribution in [3.05, 3.63) is 28.0 Å². The molecule has 3 atom stereocenters. The number of thiophene rings is 1. The molecular formula is C14H15NO4S. The standard InChI is InChI=1S/C14H15NO4S/c16-6-8-3-9(20-7-8)1-2-12(17)15-4-10-11(5-15)13(10)14(18)19/h1-3,7,10-11,13,16H,4-6H2,(H,18,19)/b2-1+/t10-,11+,13?. The number of aliphatic hydroxyl groups excluding tert-OH is 1. The van der Waals surface area contributed by atoms with Crippen LogP contribution in [0.1, 0.15) is 10.4 Å². The highest BCUT2D eigenvalue weighted by atomic mass is 32.1. The predicted molar refractivity (Wildman–Crippen MR) is 74.0 cm³/mol. The van der Waals surface area contributed by atoms with Gasteiger partial charge in [0.2, 0.25) is 5.91 Å². The summed E-state index contributed by atoms with van der Waals surface area (Å²) in [7, 11) is 0. The first kappa shape index (κ1) is 13.3. The number of aliphatic hydroxyl groups is 1. The molecule has 1 amide bonds. The quantitative estimate of drug-likeness (QED) is 0.813. The van der Waals surface area contributed by atoms with E-state index in [1.54, 1.807) is 11.0 Å². The minimum Gasteiger partial charge on any atom is -0.481 e. The summed E-state index contributed by atoms with van der Waals surface area (Å²) in [5.41, 5.74) is 0.841. The fourth-order valence-electron chi connectivity index (χ4n) is 2.90. The zero-order chi connectivity index (χ0) is 14.3. The second-order valence-electron chi connectivity index (χ2n) is 5.28. The number of fused-ring (bicyclic) bond motifs is 1. The first-order valence-corrected chi connectivity index (χ1v) is 7.36. The number of amides is 1. The summed E-state index contributed by atoms with van der Waals surface area (Å²) in [6.07, 6.45) is 3.26. The smallest absolute Gasteiger partial charge is 0.307 e. The number of rotatable bonds is 4. The summed E-state index contributed by atoms with van der Waals surface area (Å²) in [6, 6.07) is 1.84. The van der Waals surface area contributed by atoms with Crippen molar-refractivity contribution < 1.29 is 19.8 Å². The maximum absolute atomic E-state index is 12.0. The number of likely N-dealkylation sites (tertiary alicyclic amines) is 1. The molecule has 1 aliphatic heterocycles. The van der Waals surface area contributed by atoms with Crippen LogP contribution in [0.2, 0.25) is 0 Å². The topological polar surface area (TPSA) is 77.8 Å². The van der Waals surface area contributed by atoms with Gasteiger partial charge in [-0.1, -0.05) is 0 Å². The number of hydrogen-bond acceptors (Lipinski definition) is 4. The van der Waals surface area contributed by atoms with Gasteiger partial charge >= 0.3 is 5.97 Å². The Bertz CT molecular complexity index is 567. The second-order valence-corrected chi connectivity index (χ2v) is 6.23. The van der Waals surface area contributed by atoms with Gasteiger partial charge in [0.05, 0.1) is 12.5 Å². The van der Waals surface area contributed by atoms with Crippen molar-refractivity contribution >= 4 is 29.3 Å². The summed E-state index contributed by atoms with van der Waals surface area (Å²) in [5, 5.41) is 19.7. The highest BCUT2D eigenvalue weighted by molar-refractivity contribution is 7.11. The van der Waals surface area contributed by atoms with Crippen molar-refractivity contribution in [2.45, 2.75) is 6.61 Å². The van der Waals surface area contributed by atoms with Gasteiger partial charge in [0.1, 0.15) is 0 Å². The monoisotopic (exact) mass is 293 g/mol. The predicted octanol–water partition coefficient (Wildman–Crippen LogP) is 1.04. The first-order chi connectivity index (χ1) is 9.60. The van der Waals surface area contributed by atoms with E-state index in [0.29, 0.717) is 13.1 Å². The zero-order valence-corrected chi connectivity index (χ0v) is 11.5. The number of carbonyl (C=O) groups is 2. The van der Waals surface area contributed by atoms with Gasteiger partial charge in [-0.05, 0) is 34.9 Å². The Kier molecular flexibility index (Phi) is 3.35. The Hall–Kier alpha value is -1.66. The van der Waals surface area contributed by atoms with Gasteiger partial charge in [-0.3, -0.25) is 9.59 Å². The molecule has 1 aliphatic carbocycles. The third-order valence-corrected chi connectivity index (χ3v) is 4.98. The molecule has 0 aromatic carbocycles. The molecule has 1 aromatic heterocycles. The van der Waals surface area contributed by atoms with Crippen LogP contribution in [-0.4, -0.2) is 40.1 Å². The van der Waals surface area contributed by atoms with E-state index in [0.717, 1.165) is 10.4 Å². The minimum atomic E-state index is -0.738. The van der Waals surface area contributed by atoms with Gasteiger partial charge in [-0.2, -0.15) is 0 Å². The lowest BCUT2D eigenvalue weighted by Gasteiger charge is -2.16. The van der Waals surface area contributed by atoms with Crippen molar-refractivity contribution in [1.82, 2.24) is 4.90 Å². The van der Waals surface area contributed by atoms with Gasteiger partial charge in [0, 0.05) is 24.0 Å². The normalized spacial score (nSPS) is 27.9. The summed E-state index contributed by atoms with van der Waals surface area (Å²) < 4.78 is 0. The minimum absolute atomic E-state index is 0.00431. The molecule has 1 saturated heterocycles. The van der Waals surface area contributed by atoms with E-state index >= 15 is 0 Å². The van der Waals surface area contributed by atoms with Crippen molar-refractivity contribution in [1.29, 1.82) is 0 Å². The Morgan fingerprint density at radius 1 is 1.40 bits per heavy atom. The number of aliphatic carboxylic acids is 1. The number of hydrogen-bond donors (Lipinski definition) is 2. The van der Waals surface area contributed by atoms with E-state index in [4.69, 9.17) is 10.2 Å². The fraction of sp³-hybridized carbons (Fsp3) is 0.429. The van der Waals surface area contributed by atoms with Gasteiger partial charge in [0.15, 0.2) is 0 Å². The second kappa shape index (κ2) is 5.03. The van der Waals surface area contributed by atoms with E-state index < -0.39 is 5.97 Å². The lowest BCUT2D eigenvalue weighted by atomic mass is 10.2. The molecule has 2 fully saturated rings. The SMILES string of the molecule is O=C(O)C1[C@H]2CN(C(=O)/C=C/c3cc(CO)cs3)C[C@@H]12. The van der Waals surface area contributed by atoms with Crippen LogP contribution in [0, 0.1) is 17.8 Å². The first-order valence-electron chi connectivity index (χ1n) is 6.48. The summed E-state index contributed by atoms with van der Waals surface area (Å²) in [4.78, 5) is 25.5. The highest BCUT2D eigenvalue weighted by Crippen LogP contribution is 2.51. The molecule has 0 spiro atoms. The third kappa shape index (κ3) is 2.36. The molecular weight excluding hydrogens is 278 g/mol. The number of carbonyl (C=O) groups excluding carboxylic acids is 1. The molecule has 6 heteroatoms. The number of nitrogens with zero attached hydrogens (tertiary/aromatic N) is 1.